The molecule has 0 aliphatic heterocycles. The fourth-order valence-electron chi connectivity index (χ4n) is 0.627. The molecule has 0 amide bonds. The van der Waals surface area contributed by atoms with Gasteiger partial charge in [0, 0.05) is 21.4 Å². The summed E-state index contributed by atoms with van der Waals surface area (Å²) in [5.41, 5.74) is -0.602. The summed E-state index contributed by atoms with van der Waals surface area (Å²) in [5.74, 6) is 0. The van der Waals surface area contributed by atoms with Crippen LogP contribution < -0.4 is 0 Å². The zero-order valence-corrected chi connectivity index (χ0v) is 9.33. The van der Waals surface area contributed by atoms with Gasteiger partial charge in [0.25, 0.3) is 0 Å². The van der Waals surface area contributed by atoms with Gasteiger partial charge in [0.2, 0.25) is 0 Å². The van der Waals surface area contributed by atoms with E-state index in [-0.39, 0.29) is 0 Å². The van der Waals surface area contributed by atoms with Crippen LogP contribution in [0.4, 0.5) is 13.2 Å². The summed E-state index contributed by atoms with van der Waals surface area (Å²) in [6.07, 6.45) is -4.21. The number of rotatable bonds is 0. The zero-order chi connectivity index (χ0) is 12.1. The van der Waals surface area contributed by atoms with Crippen LogP contribution in [0.3, 0.4) is 0 Å². The third-order valence-corrected chi connectivity index (χ3v) is 1.10. The molecule has 2 nitrogen and oxygen atoms in total. The number of halogens is 5. The van der Waals surface area contributed by atoms with Crippen molar-refractivity contribution in [3.63, 3.8) is 0 Å². The second-order valence-corrected chi connectivity index (χ2v) is 5.91. The van der Waals surface area contributed by atoms with Gasteiger partial charge >= 0.3 is 14.4 Å². The van der Waals surface area contributed by atoms with Crippen LogP contribution in [0.15, 0.2) is 30.3 Å². The molecule has 0 saturated carbocycles. The Bertz CT molecular complexity index is 380. The highest BCUT2D eigenvalue weighted by atomic mass is 36.0. The van der Waals surface area contributed by atoms with Gasteiger partial charge in [0.15, 0.2) is 0 Å². The third kappa shape index (κ3) is 9.84. The van der Waals surface area contributed by atoms with Crippen molar-refractivity contribution in [1.29, 1.82) is 0 Å². The van der Waals surface area contributed by atoms with Crippen LogP contribution in [0, 0.1) is 0 Å². The minimum Gasteiger partial charge on any atom is -0.195 e. The van der Waals surface area contributed by atoms with E-state index in [2.05, 4.69) is 21.4 Å². The first-order chi connectivity index (χ1) is 6.61. The first kappa shape index (κ1) is 14.5. The summed E-state index contributed by atoms with van der Waals surface area (Å²) in [7, 11) is 4.81. The van der Waals surface area contributed by atoms with Gasteiger partial charge in [-0.1, -0.05) is 30.3 Å². The van der Waals surface area contributed by atoms with E-state index in [0.717, 1.165) is 12.1 Å². The first-order valence-corrected chi connectivity index (χ1v) is 6.51. The molecule has 0 saturated heterocycles. The predicted octanol–water partition coefficient (Wildman–Crippen LogP) is 3.41. The lowest BCUT2D eigenvalue weighted by Gasteiger charge is -2.03. The van der Waals surface area contributed by atoms with E-state index < -0.39 is 20.0 Å². The molecule has 0 N–H and O–H groups in total. The maximum absolute atomic E-state index is 11.8. The Morgan fingerprint density at radius 1 is 1.00 bits per heavy atom. The summed E-state index contributed by atoms with van der Waals surface area (Å²) in [6.45, 7) is 0. The highest BCUT2D eigenvalue weighted by molar-refractivity contribution is 8.31. The fraction of sp³-hybridized carbons (Fsp3) is 0.143. The Morgan fingerprint density at radius 3 is 1.53 bits per heavy atom. The number of hydrogen-bond donors (Lipinski definition) is 0. The van der Waals surface area contributed by atoms with Crippen molar-refractivity contribution < 1.29 is 21.6 Å². The third-order valence-electron chi connectivity index (χ3n) is 1.10. The molecule has 1 aromatic rings. The van der Waals surface area contributed by atoms with Crippen molar-refractivity contribution in [2.75, 3.05) is 0 Å². The van der Waals surface area contributed by atoms with Crippen LogP contribution in [0.5, 0.6) is 0 Å². The predicted molar refractivity (Wildman–Crippen MR) is 52.1 cm³/mol. The van der Waals surface area contributed by atoms with Crippen LogP contribution in [-0.4, -0.2) is 8.42 Å². The molecule has 1 rings (SSSR count). The van der Waals surface area contributed by atoms with Gasteiger partial charge in [-0.25, -0.2) is 0 Å². The lowest BCUT2D eigenvalue weighted by atomic mass is 10.2. The number of hydrogen-bond acceptors (Lipinski definition) is 2. The molecule has 0 atom stereocenters. The van der Waals surface area contributed by atoms with Gasteiger partial charge < -0.3 is 0 Å². The van der Waals surface area contributed by atoms with Crippen molar-refractivity contribution in [2.45, 2.75) is 6.18 Å². The molecular formula is C7H5Cl2F3O2S. The van der Waals surface area contributed by atoms with E-state index in [4.69, 9.17) is 8.42 Å². The van der Waals surface area contributed by atoms with Gasteiger partial charge in [0.1, 0.15) is 0 Å². The van der Waals surface area contributed by atoms with E-state index in [1.54, 1.807) is 6.07 Å². The van der Waals surface area contributed by atoms with E-state index in [1.165, 1.54) is 12.1 Å². The molecule has 0 aromatic heterocycles. The summed E-state index contributed by atoms with van der Waals surface area (Å²) < 4.78 is 53.7. The normalized spacial score (nSPS) is 11.5. The average Bonchev–Trinajstić information content (AvgIpc) is 2.01. The van der Waals surface area contributed by atoms with Crippen LogP contribution in [0.1, 0.15) is 5.56 Å². The van der Waals surface area contributed by atoms with E-state index in [9.17, 15) is 13.2 Å². The maximum atomic E-state index is 11.8. The maximum Gasteiger partial charge on any atom is 0.416 e. The molecule has 0 aliphatic carbocycles. The number of alkyl halides is 3. The van der Waals surface area contributed by atoms with Gasteiger partial charge in [-0.3, -0.25) is 0 Å². The van der Waals surface area contributed by atoms with Crippen molar-refractivity contribution in [1.82, 2.24) is 0 Å². The highest BCUT2D eigenvalue weighted by Gasteiger charge is 2.29. The van der Waals surface area contributed by atoms with Crippen LogP contribution in [0.2, 0.25) is 0 Å². The van der Waals surface area contributed by atoms with Crippen molar-refractivity contribution in [2.24, 2.45) is 0 Å². The fourth-order valence-corrected chi connectivity index (χ4v) is 0.627. The second kappa shape index (κ2) is 5.58. The topological polar surface area (TPSA) is 34.1 Å². The second-order valence-electron chi connectivity index (χ2n) is 2.24. The molecule has 8 heteroatoms. The summed E-state index contributed by atoms with van der Waals surface area (Å²) in [6, 6.07) is 6.36. The molecule has 0 unspecified atom stereocenters. The molecule has 1 aromatic carbocycles. The number of benzene rings is 1. The zero-order valence-electron chi connectivity index (χ0n) is 7.00. The largest absolute Gasteiger partial charge is 0.416 e. The van der Waals surface area contributed by atoms with Crippen molar-refractivity contribution in [3.05, 3.63) is 35.9 Å². The van der Waals surface area contributed by atoms with Crippen molar-refractivity contribution in [3.8, 4) is 0 Å². The molecule has 86 valence electrons. The van der Waals surface area contributed by atoms with Gasteiger partial charge in [-0.15, -0.1) is 0 Å². The molecule has 0 fully saturated rings. The Morgan fingerprint density at radius 2 is 1.33 bits per heavy atom. The minimum atomic E-state index is -4.21. The molecule has 0 aliphatic rings. The monoisotopic (exact) mass is 280 g/mol. The van der Waals surface area contributed by atoms with Crippen molar-refractivity contribution >= 4 is 29.6 Å². The summed E-state index contributed by atoms with van der Waals surface area (Å²) in [5, 5.41) is 0. The van der Waals surface area contributed by atoms with E-state index >= 15 is 0 Å². The first-order valence-electron chi connectivity index (χ1n) is 3.37. The smallest absolute Gasteiger partial charge is 0.195 e. The molecule has 0 bridgehead atoms. The SMILES string of the molecule is FC(F)(F)c1ccccc1.O=S(=O)(Cl)Cl. The van der Waals surface area contributed by atoms with Crippen LogP contribution >= 0.6 is 21.4 Å². The molecule has 15 heavy (non-hydrogen) atoms. The Labute approximate surface area is 93.5 Å². The molecule has 0 spiro atoms. The minimum absolute atomic E-state index is 0.602. The summed E-state index contributed by atoms with van der Waals surface area (Å²) in [4.78, 5) is 0. The molecule has 0 heterocycles. The Kier molecular flexibility index (Phi) is 5.41. The molecular weight excluding hydrogens is 276 g/mol. The Hall–Kier alpha value is -0.460. The van der Waals surface area contributed by atoms with Gasteiger partial charge in [0.05, 0.1) is 5.56 Å². The standard InChI is InChI=1S/C7H5F3.Cl2O2S/c8-7(9,10)6-4-2-1-3-5-6;1-5(2,3)4/h1-5H;. The summed E-state index contributed by atoms with van der Waals surface area (Å²) >= 11 is 0. The lowest BCUT2D eigenvalue weighted by Crippen LogP contribution is -2.03. The Balaban J connectivity index is 0.000000336. The van der Waals surface area contributed by atoms with E-state index in [0.29, 0.717) is 0 Å². The lowest BCUT2D eigenvalue weighted by molar-refractivity contribution is -0.137. The van der Waals surface area contributed by atoms with Gasteiger partial charge in [-0.2, -0.15) is 21.6 Å². The van der Waals surface area contributed by atoms with Gasteiger partial charge in [-0.05, 0) is 0 Å². The average molecular weight is 281 g/mol. The quantitative estimate of drug-likeness (QED) is 0.683. The van der Waals surface area contributed by atoms with Crippen LogP contribution in [-0.2, 0) is 14.4 Å². The van der Waals surface area contributed by atoms with Crippen LogP contribution in [0.25, 0.3) is 0 Å². The van der Waals surface area contributed by atoms with E-state index in [1.807, 2.05) is 0 Å². The molecule has 0 radical (unpaired) electrons. The highest BCUT2D eigenvalue weighted by Crippen LogP contribution is 2.28.